The lowest BCUT2D eigenvalue weighted by molar-refractivity contribution is 0.0549. The van der Waals surface area contributed by atoms with E-state index in [1.165, 1.54) is 0 Å². The zero-order valence-electron chi connectivity index (χ0n) is 12.1. The highest BCUT2D eigenvalue weighted by atomic mass is 79.9. The summed E-state index contributed by atoms with van der Waals surface area (Å²) < 4.78 is 40.3. The summed E-state index contributed by atoms with van der Waals surface area (Å²) in [7, 11) is -5.63. The van der Waals surface area contributed by atoms with E-state index < -0.39 is 18.8 Å². The van der Waals surface area contributed by atoms with Crippen molar-refractivity contribution < 1.29 is 23.1 Å². The molecule has 0 saturated carbocycles. The summed E-state index contributed by atoms with van der Waals surface area (Å²) in [5.74, 6) is 0. The molecular formula is C15H16BrF2O3P. The van der Waals surface area contributed by atoms with Gasteiger partial charge in [0.15, 0.2) is 0 Å². The number of halogens is 3. The molecule has 0 unspecified atom stereocenters. The molecule has 2 N–H and O–H groups in total. The van der Waals surface area contributed by atoms with Crippen LogP contribution in [0.4, 0.5) is 8.78 Å². The summed E-state index contributed by atoms with van der Waals surface area (Å²) in [5.41, 5.74) is -3.95. The molecular weight excluding hydrogens is 377 g/mol. The third-order valence-electron chi connectivity index (χ3n) is 3.74. The first-order valence-electron chi connectivity index (χ1n) is 6.82. The SMILES string of the molecule is CCc1c(Br)c(C(F)(F)P(=O)(O)O)c(CC)c2ccccc12. The normalized spacial score (nSPS) is 12.9. The van der Waals surface area contributed by atoms with Crippen LogP contribution in [0.1, 0.15) is 30.5 Å². The van der Waals surface area contributed by atoms with E-state index in [-0.39, 0.29) is 16.5 Å². The smallest absolute Gasteiger partial charge is 0.320 e. The zero-order chi connectivity index (χ0) is 16.7. The summed E-state index contributed by atoms with van der Waals surface area (Å²) in [4.78, 5) is 18.2. The Labute approximate surface area is 135 Å². The first kappa shape index (κ1) is 17.5. The van der Waals surface area contributed by atoms with Gasteiger partial charge in [0.1, 0.15) is 0 Å². The molecule has 0 aliphatic carbocycles. The van der Waals surface area contributed by atoms with E-state index in [1.807, 2.05) is 19.1 Å². The molecule has 0 spiro atoms. The van der Waals surface area contributed by atoms with Crippen molar-refractivity contribution in [2.45, 2.75) is 32.4 Å². The van der Waals surface area contributed by atoms with Gasteiger partial charge in [0.2, 0.25) is 0 Å². The Balaban J connectivity index is 3.02. The quantitative estimate of drug-likeness (QED) is 0.723. The number of hydrogen-bond acceptors (Lipinski definition) is 1. The molecule has 2 aromatic carbocycles. The van der Waals surface area contributed by atoms with Gasteiger partial charge < -0.3 is 9.79 Å². The highest BCUT2D eigenvalue weighted by Crippen LogP contribution is 2.62. The van der Waals surface area contributed by atoms with E-state index in [0.29, 0.717) is 17.4 Å². The maximum atomic E-state index is 14.4. The van der Waals surface area contributed by atoms with Gasteiger partial charge >= 0.3 is 13.3 Å². The maximum absolute atomic E-state index is 14.4. The Bertz CT molecular complexity index is 771. The van der Waals surface area contributed by atoms with Crippen LogP contribution in [0.25, 0.3) is 10.8 Å². The molecule has 0 aromatic heterocycles. The average Bonchev–Trinajstić information content (AvgIpc) is 2.44. The van der Waals surface area contributed by atoms with Gasteiger partial charge in [-0.2, -0.15) is 8.78 Å². The summed E-state index contributed by atoms with van der Waals surface area (Å²) in [5, 5.41) is 1.42. The third-order valence-corrected chi connectivity index (χ3v) is 5.57. The topological polar surface area (TPSA) is 57.5 Å². The predicted octanol–water partition coefficient (Wildman–Crippen LogP) is 4.95. The van der Waals surface area contributed by atoms with Crippen LogP contribution in [0.2, 0.25) is 0 Å². The van der Waals surface area contributed by atoms with Crippen LogP contribution in [0.15, 0.2) is 28.7 Å². The van der Waals surface area contributed by atoms with Gasteiger partial charge in [0, 0.05) is 4.47 Å². The fraction of sp³-hybridized carbons (Fsp3) is 0.333. The molecule has 0 amide bonds. The summed E-state index contributed by atoms with van der Waals surface area (Å²) in [6.07, 6.45) is 0.712. The summed E-state index contributed by atoms with van der Waals surface area (Å²) in [6, 6.07) is 7.08. The maximum Gasteiger partial charge on any atom is 0.399 e. The fourth-order valence-corrected chi connectivity index (χ4v) is 4.39. The molecule has 0 aliphatic rings. The minimum absolute atomic E-state index is 0.0823. The molecule has 0 radical (unpaired) electrons. The summed E-state index contributed by atoms with van der Waals surface area (Å²) in [6.45, 7) is 3.51. The minimum atomic E-state index is -5.63. The Morgan fingerprint density at radius 2 is 1.55 bits per heavy atom. The zero-order valence-corrected chi connectivity index (χ0v) is 14.6. The number of fused-ring (bicyclic) bond motifs is 1. The second-order valence-corrected chi connectivity index (χ2v) is 7.43. The molecule has 0 aliphatic heterocycles. The molecule has 0 fully saturated rings. The molecule has 2 aromatic rings. The third kappa shape index (κ3) is 2.62. The highest BCUT2D eigenvalue weighted by Gasteiger charge is 2.53. The van der Waals surface area contributed by atoms with Crippen LogP contribution < -0.4 is 0 Å². The van der Waals surface area contributed by atoms with Crippen molar-refractivity contribution in [1.29, 1.82) is 0 Å². The van der Waals surface area contributed by atoms with E-state index in [1.54, 1.807) is 19.1 Å². The Kier molecular flexibility index (Phi) is 4.79. The number of aryl methyl sites for hydroxylation is 2. The van der Waals surface area contributed by atoms with Gasteiger partial charge in [-0.05, 0) is 50.7 Å². The monoisotopic (exact) mass is 392 g/mol. The lowest BCUT2D eigenvalue weighted by atomic mass is 9.92. The van der Waals surface area contributed by atoms with Crippen molar-refractivity contribution in [3.63, 3.8) is 0 Å². The van der Waals surface area contributed by atoms with Crippen LogP contribution in [0.5, 0.6) is 0 Å². The lowest BCUT2D eigenvalue weighted by Gasteiger charge is -2.25. The van der Waals surface area contributed by atoms with Crippen LogP contribution in [0, 0.1) is 0 Å². The molecule has 0 bridgehead atoms. The lowest BCUT2D eigenvalue weighted by Crippen LogP contribution is -2.18. The van der Waals surface area contributed by atoms with Crippen molar-refractivity contribution in [3.05, 3.63) is 45.4 Å². The van der Waals surface area contributed by atoms with Gasteiger partial charge in [-0.15, -0.1) is 0 Å². The van der Waals surface area contributed by atoms with Crippen molar-refractivity contribution in [1.82, 2.24) is 0 Å². The predicted molar refractivity (Wildman–Crippen MR) is 86.3 cm³/mol. The van der Waals surface area contributed by atoms with Crippen molar-refractivity contribution >= 4 is 34.3 Å². The molecule has 22 heavy (non-hydrogen) atoms. The first-order valence-corrected chi connectivity index (χ1v) is 9.23. The number of hydrogen-bond donors (Lipinski definition) is 2. The fourth-order valence-electron chi connectivity index (χ4n) is 2.72. The molecule has 7 heteroatoms. The largest absolute Gasteiger partial charge is 0.399 e. The molecule has 2 rings (SSSR count). The van der Waals surface area contributed by atoms with Gasteiger partial charge in [-0.25, -0.2) is 0 Å². The van der Waals surface area contributed by atoms with Crippen LogP contribution in [-0.4, -0.2) is 9.79 Å². The van der Waals surface area contributed by atoms with Crippen molar-refractivity contribution in [3.8, 4) is 0 Å². The summed E-state index contributed by atoms with van der Waals surface area (Å²) >= 11 is 3.16. The number of alkyl halides is 2. The molecule has 0 atom stereocenters. The van der Waals surface area contributed by atoms with E-state index in [0.717, 1.165) is 5.39 Å². The second kappa shape index (κ2) is 6.00. The minimum Gasteiger partial charge on any atom is -0.320 e. The van der Waals surface area contributed by atoms with Gasteiger partial charge in [-0.3, -0.25) is 4.57 Å². The van der Waals surface area contributed by atoms with Crippen LogP contribution in [0.3, 0.4) is 0 Å². The second-order valence-electron chi connectivity index (χ2n) is 4.98. The Morgan fingerprint density at radius 3 is 1.95 bits per heavy atom. The molecule has 3 nitrogen and oxygen atoms in total. The van der Waals surface area contributed by atoms with Gasteiger partial charge in [-0.1, -0.05) is 38.1 Å². The van der Waals surface area contributed by atoms with E-state index in [9.17, 15) is 13.3 Å². The average molecular weight is 393 g/mol. The van der Waals surface area contributed by atoms with E-state index in [2.05, 4.69) is 15.9 Å². The highest BCUT2D eigenvalue weighted by molar-refractivity contribution is 9.10. The van der Waals surface area contributed by atoms with Gasteiger partial charge in [0.25, 0.3) is 0 Å². The number of rotatable bonds is 4. The van der Waals surface area contributed by atoms with Gasteiger partial charge in [0.05, 0.1) is 5.56 Å². The Hall–Kier alpha value is -0.810. The number of benzene rings is 2. The molecule has 120 valence electrons. The Morgan fingerprint density at radius 1 is 1.09 bits per heavy atom. The van der Waals surface area contributed by atoms with Crippen LogP contribution >= 0.6 is 23.5 Å². The molecule has 0 saturated heterocycles. The molecule has 0 heterocycles. The van der Waals surface area contributed by atoms with Crippen molar-refractivity contribution in [2.75, 3.05) is 0 Å². The van der Waals surface area contributed by atoms with Crippen molar-refractivity contribution in [2.24, 2.45) is 0 Å². The van der Waals surface area contributed by atoms with Crippen LogP contribution in [-0.2, 0) is 23.1 Å². The standard InChI is InChI=1S/C15H16BrF2O3P/c1-3-9-11-7-5-6-8-12(11)10(4-2)14(16)13(9)15(17,18)22(19,20)21/h5-8H,3-4H2,1-2H3,(H2,19,20,21). The van der Waals surface area contributed by atoms with E-state index >= 15 is 0 Å². The first-order chi connectivity index (χ1) is 10.2. The van der Waals surface area contributed by atoms with E-state index in [4.69, 9.17) is 9.79 Å².